The van der Waals surface area contributed by atoms with E-state index in [9.17, 15) is 8.78 Å². The zero-order valence-corrected chi connectivity index (χ0v) is 7.59. The normalized spacial score (nSPS) is 22.3. The van der Waals surface area contributed by atoms with Crippen molar-refractivity contribution in [3.63, 3.8) is 0 Å². The van der Waals surface area contributed by atoms with Gasteiger partial charge in [-0.1, -0.05) is 12.1 Å². The predicted octanol–water partition coefficient (Wildman–Crippen LogP) is 1.63. The first-order valence-electron chi connectivity index (χ1n) is 4.55. The summed E-state index contributed by atoms with van der Waals surface area (Å²) in [6, 6.07) is 4.15. The minimum absolute atomic E-state index is 0.289. The second-order valence-electron chi connectivity index (χ2n) is 3.21. The summed E-state index contributed by atoms with van der Waals surface area (Å²) >= 11 is 0. The summed E-state index contributed by atoms with van der Waals surface area (Å²) in [7, 11) is 0. The number of halogens is 2. The fraction of sp³-hybridized carbons (Fsp3) is 0.400. The van der Waals surface area contributed by atoms with Crippen molar-refractivity contribution >= 4 is 0 Å². The minimum atomic E-state index is -0.823. The zero-order valence-electron chi connectivity index (χ0n) is 7.59. The maximum Gasteiger partial charge on any atom is 0.164 e. The van der Waals surface area contributed by atoms with Crippen LogP contribution in [0.2, 0.25) is 0 Å². The molecule has 1 aromatic rings. The molecule has 1 heterocycles. The first kappa shape index (κ1) is 9.55. The average molecular weight is 199 g/mol. The number of nitrogens with one attached hydrogen (secondary N) is 1. The molecule has 2 rings (SSSR count). The van der Waals surface area contributed by atoms with Crippen LogP contribution >= 0.6 is 0 Å². The first-order chi connectivity index (χ1) is 6.79. The molecule has 1 aromatic carbocycles. The van der Waals surface area contributed by atoms with E-state index in [-0.39, 0.29) is 11.7 Å². The van der Waals surface area contributed by atoms with E-state index in [0.717, 1.165) is 12.6 Å². The summed E-state index contributed by atoms with van der Waals surface area (Å²) in [5.74, 6) is -1.63. The van der Waals surface area contributed by atoms with Gasteiger partial charge in [0.1, 0.15) is 0 Å². The number of morpholine rings is 1. The van der Waals surface area contributed by atoms with Crippen molar-refractivity contribution in [2.24, 2.45) is 0 Å². The Hall–Kier alpha value is -1.00. The molecule has 1 N–H and O–H groups in total. The van der Waals surface area contributed by atoms with Crippen LogP contribution in [-0.2, 0) is 4.74 Å². The highest BCUT2D eigenvalue weighted by molar-refractivity contribution is 5.22. The van der Waals surface area contributed by atoms with E-state index in [4.69, 9.17) is 4.74 Å². The van der Waals surface area contributed by atoms with Crippen molar-refractivity contribution in [1.29, 1.82) is 0 Å². The van der Waals surface area contributed by atoms with Crippen LogP contribution in [0.3, 0.4) is 0 Å². The summed E-state index contributed by atoms with van der Waals surface area (Å²) in [5, 5.41) is 3.07. The second kappa shape index (κ2) is 4.02. The molecular weight excluding hydrogens is 188 g/mol. The van der Waals surface area contributed by atoms with E-state index in [2.05, 4.69) is 5.32 Å². The van der Waals surface area contributed by atoms with E-state index < -0.39 is 11.6 Å². The third kappa shape index (κ3) is 1.76. The lowest BCUT2D eigenvalue weighted by Gasteiger charge is -2.24. The lowest BCUT2D eigenvalue weighted by atomic mass is 10.1. The Morgan fingerprint density at radius 1 is 1.36 bits per heavy atom. The van der Waals surface area contributed by atoms with E-state index in [1.807, 2.05) is 0 Å². The van der Waals surface area contributed by atoms with Crippen molar-refractivity contribution in [2.45, 2.75) is 6.10 Å². The second-order valence-corrected chi connectivity index (χ2v) is 3.21. The summed E-state index contributed by atoms with van der Waals surface area (Å²) in [6.07, 6.45) is -0.376. The average Bonchev–Trinajstić information content (AvgIpc) is 2.23. The van der Waals surface area contributed by atoms with Gasteiger partial charge in [0, 0.05) is 18.7 Å². The number of hydrogen-bond acceptors (Lipinski definition) is 2. The summed E-state index contributed by atoms with van der Waals surface area (Å²) in [6.45, 7) is 1.81. The Labute approximate surface area is 80.9 Å². The molecule has 1 aliphatic heterocycles. The molecule has 2 nitrogen and oxygen atoms in total. The predicted molar refractivity (Wildman–Crippen MR) is 47.9 cm³/mol. The highest BCUT2D eigenvalue weighted by atomic mass is 19.2. The molecule has 14 heavy (non-hydrogen) atoms. The van der Waals surface area contributed by atoms with E-state index in [1.54, 1.807) is 6.07 Å². The lowest BCUT2D eigenvalue weighted by Crippen LogP contribution is -2.33. The molecule has 1 unspecified atom stereocenters. The van der Waals surface area contributed by atoms with Crippen LogP contribution in [0.4, 0.5) is 8.78 Å². The Morgan fingerprint density at radius 2 is 2.21 bits per heavy atom. The lowest BCUT2D eigenvalue weighted by molar-refractivity contribution is 0.0251. The molecule has 1 atom stereocenters. The van der Waals surface area contributed by atoms with Gasteiger partial charge in [0.2, 0.25) is 0 Å². The van der Waals surface area contributed by atoms with Crippen LogP contribution in [0.25, 0.3) is 0 Å². The maximum atomic E-state index is 13.3. The fourth-order valence-electron chi connectivity index (χ4n) is 1.53. The van der Waals surface area contributed by atoms with Crippen LogP contribution in [0.15, 0.2) is 18.2 Å². The molecule has 1 fully saturated rings. The van der Waals surface area contributed by atoms with Gasteiger partial charge in [-0.2, -0.15) is 0 Å². The third-order valence-electron chi connectivity index (χ3n) is 2.26. The molecule has 1 aliphatic rings. The molecule has 0 spiro atoms. The van der Waals surface area contributed by atoms with E-state index in [1.165, 1.54) is 6.07 Å². The molecule has 4 heteroatoms. The van der Waals surface area contributed by atoms with E-state index >= 15 is 0 Å². The summed E-state index contributed by atoms with van der Waals surface area (Å²) in [4.78, 5) is 0. The largest absolute Gasteiger partial charge is 0.371 e. The Kier molecular flexibility index (Phi) is 2.74. The van der Waals surface area contributed by atoms with Crippen molar-refractivity contribution in [3.8, 4) is 0 Å². The van der Waals surface area contributed by atoms with Gasteiger partial charge in [-0.3, -0.25) is 0 Å². The smallest absolute Gasteiger partial charge is 0.164 e. The number of hydrogen-bond donors (Lipinski definition) is 1. The van der Waals surface area contributed by atoms with Crippen molar-refractivity contribution in [1.82, 2.24) is 5.32 Å². The molecular formula is C10H11F2NO. The molecule has 76 valence electrons. The number of rotatable bonds is 1. The van der Waals surface area contributed by atoms with Crippen molar-refractivity contribution < 1.29 is 13.5 Å². The van der Waals surface area contributed by atoms with Gasteiger partial charge >= 0.3 is 0 Å². The Balaban J connectivity index is 2.26. The summed E-state index contributed by atoms with van der Waals surface area (Å²) in [5.41, 5.74) is 0.289. The van der Waals surface area contributed by atoms with Gasteiger partial charge in [-0.05, 0) is 6.07 Å². The Bertz CT molecular complexity index is 324. The van der Waals surface area contributed by atoms with Gasteiger partial charge in [0.05, 0.1) is 12.7 Å². The molecule has 0 saturated carbocycles. The molecule has 0 aliphatic carbocycles. The maximum absolute atomic E-state index is 13.3. The molecule has 1 saturated heterocycles. The van der Waals surface area contributed by atoms with Gasteiger partial charge in [0.25, 0.3) is 0 Å². The zero-order chi connectivity index (χ0) is 9.97. The van der Waals surface area contributed by atoms with Crippen molar-refractivity contribution in [2.75, 3.05) is 19.7 Å². The van der Waals surface area contributed by atoms with Crippen LogP contribution in [0.5, 0.6) is 0 Å². The van der Waals surface area contributed by atoms with Crippen LogP contribution in [0, 0.1) is 11.6 Å². The highest BCUT2D eigenvalue weighted by Crippen LogP contribution is 2.22. The van der Waals surface area contributed by atoms with Gasteiger partial charge < -0.3 is 10.1 Å². The topological polar surface area (TPSA) is 21.3 Å². The van der Waals surface area contributed by atoms with Crippen LogP contribution in [-0.4, -0.2) is 19.7 Å². The molecule has 0 radical (unpaired) electrons. The van der Waals surface area contributed by atoms with Gasteiger partial charge in [-0.15, -0.1) is 0 Å². The van der Waals surface area contributed by atoms with Crippen LogP contribution in [0.1, 0.15) is 11.7 Å². The number of benzene rings is 1. The first-order valence-corrected chi connectivity index (χ1v) is 4.55. The van der Waals surface area contributed by atoms with E-state index in [0.29, 0.717) is 13.2 Å². The SMILES string of the molecule is Fc1cccc(C2CNCCO2)c1F. The fourth-order valence-corrected chi connectivity index (χ4v) is 1.53. The van der Waals surface area contributed by atoms with Crippen molar-refractivity contribution in [3.05, 3.63) is 35.4 Å². The Morgan fingerprint density at radius 3 is 2.93 bits per heavy atom. The van der Waals surface area contributed by atoms with Gasteiger partial charge in [0.15, 0.2) is 11.6 Å². The van der Waals surface area contributed by atoms with Crippen LogP contribution < -0.4 is 5.32 Å². The standard InChI is InChI=1S/C10H11F2NO/c11-8-3-1-2-7(10(8)12)9-6-13-4-5-14-9/h1-3,9,13H,4-6H2. The van der Waals surface area contributed by atoms with Gasteiger partial charge in [-0.25, -0.2) is 8.78 Å². The quantitative estimate of drug-likeness (QED) is 0.742. The molecule has 0 aromatic heterocycles. The number of ether oxygens (including phenoxy) is 1. The molecule has 0 amide bonds. The minimum Gasteiger partial charge on any atom is -0.371 e. The summed E-state index contributed by atoms with van der Waals surface area (Å²) < 4.78 is 31.5. The molecule has 0 bridgehead atoms. The highest BCUT2D eigenvalue weighted by Gasteiger charge is 2.20. The monoisotopic (exact) mass is 199 g/mol. The third-order valence-corrected chi connectivity index (χ3v) is 2.26.